The summed E-state index contributed by atoms with van der Waals surface area (Å²) in [5.74, 6) is -1.98. The first-order chi connectivity index (χ1) is 22.2. The van der Waals surface area contributed by atoms with Crippen LogP contribution in [0.25, 0.3) is 10.6 Å². The van der Waals surface area contributed by atoms with Crippen LogP contribution in [-0.4, -0.2) is 74.3 Å². The Morgan fingerprint density at radius 1 is 0.717 bits per heavy atom. The number of thioether (sulfide) groups is 1. The molecule has 0 saturated heterocycles. The van der Waals surface area contributed by atoms with Crippen molar-refractivity contribution >= 4 is 46.2 Å². The Balaban J connectivity index is 2.46. The average molecular weight is 653 g/mol. The van der Waals surface area contributed by atoms with Gasteiger partial charge in [-0.2, -0.15) is 5.10 Å². The second-order valence-corrected chi connectivity index (χ2v) is 10.0. The van der Waals surface area contributed by atoms with Gasteiger partial charge >= 0.3 is 23.9 Å². The smallest absolute Gasteiger partial charge is 0.359 e. The molecule has 0 unspecified atom stereocenters. The van der Waals surface area contributed by atoms with Gasteiger partial charge in [0.1, 0.15) is 22.0 Å². The summed E-state index contributed by atoms with van der Waals surface area (Å²) in [6, 6.07) is 13.9. The lowest BCUT2D eigenvalue weighted by atomic mass is 10.1. The Morgan fingerprint density at radius 2 is 1.24 bits per heavy atom. The number of methoxy groups -OCH3 is 2. The molecule has 0 bridgehead atoms. The third-order valence-electron chi connectivity index (χ3n) is 6.06. The van der Waals surface area contributed by atoms with Gasteiger partial charge in [-0.05, 0) is 69.7 Å². The van der Waals surface area contributed by atoms with E-state index in [1.54, 1.807) is 76.2 Å². The van der Waals surface area contributed by atoms with Crippen molar-refractivity contribution in [3.8, 4) is 11.5 Å². The third kappa shape index (κ3) is 9.00. The predicted octanol–water partition coefficient (Wildman–Crippen LogP) is 5.37. The van der Waals surface area contributed by atoms with Gasteiger partial charge in [0.25, 0.3) is 0 Å². The second kappa shape index (κ2) is 17.4. The van der Waals surface area contributed by atoms with E-state index in [1.165, 1.54) is 25.1 Å². The number of hydrogen-bond donors (Lipinski definition) is 0. The predicted molar refractivity (Wildman–Crippen MR) is 171 cm³/mol. The highest BCUT2D eigenvalue weighted by atomic mass is 32.2. The molecular formula is C33H36N2O10S. The minimum absolute atomic E-state index is 0.0453. The highest BCUT2D eigenvalue weighted by Gasteiger charge is 2.28. The summed E-state index contributed by atoms with van der Waals surface area (Å²) >= 11 is 0.919. The van der Waals surface area contributed by atoms with Crippen molar-refractivity contribution in [1.29, 1.82) is 0 Å². The van der Waals surface area contributed by atoms with E-state index < -0.39 is 23.9 Å². The molecule has 0 radical (unpaired) electrons. The maximum absolute atomic E-state index is 13.2. The molecule has 0 fully saturated rings. The van der Waals surface area contributed by atoms with E-state index in [0.717, 1.165) is 17.8 Å². The number of benzene rings is 2. The Morgan fingerprint density at radius 3 is 1.76 bits per heavy atom. The number of nitrogens with zero attached hydrogens (tertiary/aromatic N) is 2. The van der Waals surface area contributed by atoms with Crippen LogP contribution in [0.15, 0.2) is 65.7 Å². The Kier molecular flexibility index (Phi) is 13.4. The van der Waals surface area contributed by atoms with Crippen LogP contribution < -0.4 is 9.47 Å². The van der Waals surface area contributed by atoms with Crippen LogP contribution in [0.1, 0.15) is 59.7 Å². The number of ether oxygens (including phenoxy) is 6. The van der Waals surface area contributed by atoms with Crippen molar-refractivity contribution in [2.45, 2.75) is 27.7 Å². The van der Waals surface area contributed by atoms with E-state index in [-0.39, 0.29) is 42.6 Å². The molecule has 0 N–H and O–H groups in total. The minimum Gasteiger partial charge on any atom is -0.497 e. The van der Waals surface area contributed by atoms with Crippen molar-refractivity contribution in [2.75, 3.05) is 40.6 Å². The van der Waals surface area contributed by atoms with E-state index >= 15 is 0 Å². The molecule has 0 atom stereocenters. The van der Waals surface area contributed by atoms with E-state index in [9.17, 15) is 19.2 Å². The first kappa shape index (κ1) is 35.4. The highest BCUT2D eigenvalue weighted by Crippen LogP contribution is 2.42. The summed E-state index contributed by atoms with van der Waals surface area (Å²) in [6.07, 6.45) is 2.41. The largest absolute Gasteiger partial charge is 0.497 e. The van der Waals surface area contributed by atoms with Crippen LogP contribution in [0.2, 0.25) is 0 Å². The number of carbonyl (C=O) groups is 4. The second-order valence-electron chi connectivity index (χ2n) is 8.99. The maximum Gasteiger partial charge on any atom is 0.359 e. The van der Waals surface area contributed by atoms with Gasteiger partial charge in [0, 0.05) is 22.7 Å². The summed E-state index contributed by atoms with van der Waals surface area (Å²) in [7, 11) is 3.06. The molecule has 12 nitrogen and oxygen atoms in total. The summed E-state index contributed by atoms with van der Waals surface area (Å²) in [5.41, 5.74) is 1.06. The maximum atomic E-state index is 13.2. The number of rotatable bonds is 15. The van der Waals surface area contributed by atoms with Crippen molar-refractivity contribution in [1.82, 2.24) is 9.78 Å². The normalized spacial score (nSPS) is 11.7. The summed E-state index contributed by atoms with van der Waals surface area (Å²) in [5, 5.41) is 4.50. The topological polar surface area (TPSA) is 141 Å². The lowest BCUT2D eigenvalue weighted by Gasteiger charge is -2.18. The van der Waals surface area contributed by atoms with Gasteiger partial charge in [-0.25, -0.2) is 23.9 Å². The molecule has 13 heteroatoms. The third-order valence-corrected chi connectivity index (χ3v) is 7.20. The van der Waals surface area contributed by atoms with E-state index in [4.69, 9.17) is 28.4 Å². The zero-order chi connectivity index (χ0) is 33.6. The van der Waals surface area contributed by atoms with Crippen LogP contribution >= 0.6 is 11.8 Å². The molecule has 46 heavy (non-hydrogen) atoms. The fraction of sp³-hybridized carbons (Fsp3) is 0.303. The zero-order valence-corrected chi connectivity index (χ0v) is 27.3. The quantitative estimate of drug-likeness (QED) is 0.0902. The zero-order valence-electron chi connectivity index (χ0n) is 26.5. The fourth-order valence-electron chi connectivity index (χ4n) is 4.03. The molecule has 2 aromatic carbocycles. The van der Waals surface area contributed by atoms with Crippen LogP contribution in [0.4, 0.5) is 0 Å². The van der Waals surface area contributed by atoms with Crippen molar-refractivity contribution < 1.29 is 47.6 Å². The average Bonchev–Trinajstić information content (AvgIpc) is 3.50. The molecule has 3 rings (SSSR count). The monoisotopic (exact) mass is 652 g/mol. The van der Waals surface area contributed by atoms with E-state index in [0.29, 0.717) is 33.2 Å². The first-order valence-corrected chi connectivity index (χ1v) is 15.2. The van der Waals surface area contributed by atoms with Crippen molar-refractivity contribution in [3.63, 3.8) is 0 Å². The standard InChI is InChI=1S/C33H36N2O10S/c1-7-42-27(36)19-26(32(38)44-9-3)46-30(22-13-17-24(41-6)18-14-22)29(21-11-15-23(40-5)16-12-21)35-20-25(31(37)43-8-2)28(34-35)33(39)45-10-4/h11-20H,7-10H2,1-6H3/b26-19-,30-29-. The number of esters is 4. The van der Waals surface area contributed by atoms with Gasteiger partial charge in [0.2, 0.25) is 0 Å². The molecule has 1 aromatic heterocycles. The lowest BCUT2D eigenvalue weighted by Crippen LogP contribution is -2.13. The van der Waals surface area contributed by atoms with E-state index in [1.807, 2.05) is 0 Å². The van der Waals surface area contributed by atoms with Gasteiger partial charge in [-0.1, -0.05) is 23.9 Å². The van der Waals surface area contributed by atoms with Gasteiger partial charge in [-0.15, -0.1) is 0 Å². The Hall–Kier alpha value is -5.04. The molecule has 3 aromatic rings. The van der Waals surface area contributed by atoms with Crippen molar-refractivity contribution in [2.24, 2.45) is 0 Å². The number of hydrogen-bond acceptors (Lipinski definition) is 12. The summed E-state index contributed by atoms with van der Waals surface area (Å²) in [4.78, 5) is 52.1. The molecule has 0 aliphatic carbocycles. The Labute approximate surface area is 271 Å². The molecular weight excluding hydrogens is 616 g/mol. The number of aromatic nitrogens is 2. The van der Waals surface area contributed by atoms with Gasteiger partial charge in [0.05, 0.1) is 46.3 Å². The SMILES string of the molecule is CCOC(=O)/C=C(\S/C(=C(/c1ccc(OC)cc1)n1cc(C(=O)OCC)c(C(=O)OCC)n1)c1ccc(OC)cc1)C(=O)OCC. The fourth-order valence-corrected chi connectivity index (χ4v) is 5.11. The molecule has 0 aliphatic rings. The van der Waals surface area contributed by atoms with Gasteiger partial charge < -0.3 is 28.4 Å². The van der Waals surface area contributed by atoms with Gasteiger partial charge in [0.15, 0.2) is 5.69 Å². The first-order valence-electron chi connectivity index (χ1n) is 14.4. The van der Waals surface area contributed by atoms with Crippen LogP contribution in [0.3, 0.4) is 0 Å². The summed E-state index contributed by atoms with van der Waals surface area (Å²) < 4.78 is 32.8. The molecule has 0 spiro atoms. The van der Waals surface area contributed by atoms with E-state index in [2.05, 4.69) is 5.10 Å². The molecule has 0 aliphatic heterocycles. The molecule has 0 saturated carbocycles. The lowest BCUT2D eigenvalue weighted by molar-refractivity contribution is -0.140. The Bertz CT molecular complexity index is 1560. The highest BCUT2D eigenvalue weighted by molar-refractivity contribution is 8.12. The van der Waals surface area contributed by atoms with Crippen LogP contribution in [-0.2, 0) is 28.5 Å². The molecule has 1 heterocycles. The van der Waals surface area contributed by atoms with Crippen molar-refractivity contribution in [3.05, 3.63) is 88.1 Å². The van der Waals surface area contributed by atoms with Crippen LogP contribution in [0.5, 0.6) is 11.5 Å². The number of carbonyl (C=O) groups excluding carboxylic acids is 4. The van der Waals surface area contributed by atoms with Gasteiger partial charge in [-0.3, -0.25) is 0 Å². The molecule has 0 amide bonds. The van der Waals surface area contributed by atoms with Crippen LogP contribution in [0, 0.1) is 0 Å². The minimum atomic E-state index is -0.827. The molecule has 244 valence electrons. The summed E-state index contributed by atoms with van der Waals surface area (Å²) in [6.45, 7) is 6.81.